The van der Waals surface area contributed by atoms with Crippen LogP contribution >= 0.6 is 0 Å². The Hall–Kier alpha value is -1.87. The normalized spacial score (nSPS) is 12.5. The maximum atomic E-state index is 13.9. The third-order valence-electron chi connectivity index (χ3n) is 3.23. The van der Waals surface area contributed by atoms with Crippen molar-refractivity contribution in [2.24, 2.45) is 5.73 Å². The molecule has 0 aromatic heterocycles. The van der Waals surface area contributed by atoms with Crippen LogP contribution in [0.5, 0.6) is 11.5 Å². The van der Waals surface area contributed by atoms with E-state index in [-0.39, 0.29) is 5.82 Å². The summed E-state index contributed by atoms with van der Waals surface area (Å²) in [7, 11) is 0. The summed E-state index contributed by atoms with van der Waals surface area (Å²) in [6.07, 6.45) is 0. The van der Waals surface area contributed by atoms with Gasteiger partial charge >= 0.3 is 0 Å². The minimum absolute atomic E-state index is 0.332. The molecule has 1 unspecified atom stereocenters. The van der Waals surface area contributed by atoms with Gasteiger partial charge in [0.25, 0.3) is 0 Å². The van der Waals surface area contributed by atoms with Crippen LogP contribution in [0.1, 0.15) is 43.9 Å². The van der Waals surface area contributed by atoms with Crippen molar-refractivity contribution < 1.29 is 9.13 Å². The maximum Gasteiger partial charge on any atom is 0.135 e. The molecular formula is C17H20FNO. The van der Waals surface area contributed by atoms with Crippen LogP contribution in [0.15, 0.2) is 42.5 Å². The maximum absolute atomic E-state index is 13.9. The Morgan fingerprint density at radius 2 is 1.60 bits per heavy atom. The smallest absolute Gasteiger partial charge is 0.135 e. The summed E-state index contributed by atoms with van der Waals surface area (Å²) in [6, 6.07) is 12.2. The van der Waals surface area contributed by atoms with E-state index in [1.54, 1.807) is 19.1 Å². The first-order valence-corrected chi connectivity index (χ1v) is 6.81. The number of rotatable bonds is 4. The van der Waals surface area contributed by atoms with E-state index in [1.165, 1.54) is 6.07 Å². The van der Waals surface area contributed by atoms with E-state index in [9.17, 15) is 4.39 Å². The number of para-hydroxylation sites is 1. The van der Waals surface area contributed by atoms with Gasteiger partial charge in [-0.2, -0.15) is 0 Å². The number of halogens is 1. The second-order valence-electron chi connectivity index (χ2n) is 5.23. The number of hydrogen-bond donors (Lipinski definition) is 1. The van der Waals surface area contributed by atoms with Crippen molar-refractivity contribution >= 4 is 0 Å². The summed E-state index contributed by atoms with van der Waals surface area (Å²) in [5, 5.41) is 0. The highest BCUT2D eigenvalue weighted by atomic mass is 19.1. The van der Waals surface area contributed by atoms with Crippen molar-refractivity contribution in [3.63, 3.8) is 0 Å². The zero-order chi connectivity index (χ0) is 14.7. The van der Waals surface area contributed by atoms with Crippen LogP contribution in [-0.4, -0.2) is 0 Å². The van der Waals surface area contributed by atoms with Crippen LogP contribution in [0.4, 0.5) is 4.39 Å². The minimum Gasteiger partial charge on any atom is -0.457 e. The summed E-state index contributed by atoms with van der Waals surface area (Å²) in [4.78, 5) is 0. The lowest BCUT2D eigenvalue weighted by Crippen LogP contribution is -2.09. The van der Waals surface area contributed by atoms with Crippen LogP contribution in [0.2, 0.25) is 0 Å². The van der Waals surface area contributed by atoms with E-state index in [0.29, 0.717) is 17.2 Å². The molecule has 0 aliphatic carbocycles. The summed E-state index contributed by atoms with van der Waals surface area (Å²) >= 11 is 0. The van der Waals surface area contributed by atoms with Gasteiger partial charge in [0.2, 0.25) is 0 Å². The van der Waals surface area contributed by atoms with Crippen LogP contribution in [0, 0.1) is 5.82 Å². The van der Waals surface area contributed by atoms with Gasteiger partial charge in [-0.1, -0.05) is 38.1 Å². The molecular weight excluding hydrogens is 253 g/mol. The van der Waals surface area contributed by atoms with Crippen LogP contribution in [-0.2, 0) is 0 Å². The average molecular weight is 273 g/mol. The van der Waals surface area contributed by atoms with E-state index in [4.69, 9.17) is 10.5 Å². The molecule has 0 heterocycles. The molecule has 2 aromatic carbocycles. The zero-order valence-electron chi connectivity index (χ0n) is 12.1. The second-order valence-corrected chi connectivity index (χ2v) is 5.23. The van der Waals surface area contributed by atoms with Crippen molar-refractivity contribution in [2.75, 3.05) is 0 Å². The summed E-state index contributed by atoms with van der Waals surface area (Å²) < 4.78 is 19.8. The quantitative estimate of drug-likeness (QED) is 0.871. The lowest BCUT2D eigenvalue weighted by atomic mass is 10.0. The molecule has 0 saturated heterocycles. The fourth-order valence-electron chi connectivity index (χ4n) is 2.22. The van der Waals surface area contributed by atoms with Gasteiger partial charge in [0.1, 0.15) is 17.3 Å². The Bertz CT molecular complexity index is 593. The third kappa shape index (κ3) is 2.99. The highest BCUT2D eigenvalue weighted by Gasteiger charge is 2.16. The SMILES string of the molecule is CC(C)c1ccccc1Oc1cccc(F)c1C(C)N. The summed E-state index contributed by atoms with van der Waals surface area (Å²) in [6.45, 7) is 5.94. The summed E-state index contributed by atoms with van der Waals surface area (Å²) in [5.41, 5.74) is 7.35. The third-order valence-corrected chi connectivity index (χ3v) is 3.23. The van der Waals surface area contributed by atoms with Gasteiger partial charge in [0.15, 0.2) is 0 Å². The molecule has 0 aliphatic heterocycles. The fraction of sp³-hybridized carbons (Fsp3) is 0.294. The monoisotopic (exact) mass is 273 g/mol. The lowest BCUT2D eigenvalue weighted by Gasteiger charge is -2.17. The molecule has 0 aliphatic rings. The molecule has 0 saturated carbocycles. The molecule has 0 fully saturated rings. The number of ether oxygens (including phenoxy) is 1. The Kier molecular flexibility index (Phi) is 4.40. The van der Waals surface area contributed by atoms with E-state index in [2.05, 4.69) is 13.8 Å². The fourth-order valence-corrected chi connectivity index (χ4v) is 2.22. The Labute approximate surface area is 119 Å². The van der Waals surface area contributed by atoms with E-state index < -0.39 is 6.04 Å². The standard InChI is InChI=1S/C17H20FNO/c1-11(2)13-7-4-5-9-15(13)20-16-10-6-8-14(18)17(16)12(3)19/h4-12H,19H2,1-3H3. The van der Waals surface area contributed by atoms with E-state index >= 15 is 0 Å². The van der Waals surface area contributed by atoms with Gasteiger partial charge in [-0.05, 0) is 36.6 Å². The van der Waals surface area contributed by atoms with E-state index in [1.807, 2.05) is 24.3 Å². The average Bonchev–Trinajstić information content (AvgIpc) is 2.38. The van der Waals surface area contributed by atoms with Crippen molar-refractivity contribution in [3.8, 4) is 11.5 Å². The van der Waals surface area contributed by atoms with Crippen molar-refractivity contribution in [1.82, 2.24) is 0 Å². The Balaban J connectivity index is 2.43. The predicted molar refractivity (Wildman–Crippen MR) is 79.6 cm³/mol. The van der Waals surface area contributed by atoms with Crippen LogP contribution < -0.4 is 10.5 Å². The van der Waals surface area contributed by atoms with Crippen molar-refractivity contribution in [1.29, 1.82) is 0 Å². The molecule has 1 atom stereocenters. The molecule has 2 aromatic rings. The summed E-state index contributed by atoms with van der Waals surface area (Å²) in [5.74, 6) is 1.22. The van der Waals surface area contributed by atoms with Gasteiger partial charge in [0, 0.05) is 11.6 Å². The van der Waals surface area contributed by atoms with Gasteiger partial charge in [-0.25, -0.2) is 4.39 Å². The minimum atomic E-state index is -0.419. The number of nitrogens with two attached hydrogens (primary N) is 1. The van der Waals surface area contributed by atoms with Gasteiger partial charge in [-0.3, -0.25) is 0 Å². The highest BCUT2D eigenvalue weighted by molar-refractivity contribution is 5.43. The number of benzene rings is 2. The number of hydrogen-bond acceptors (Lipinski definition) is 2. The first kappa shape index (κ1) is 14.5. The molecule has 0 amide bonds. The first-order valence-electron chi connectivity index (χ1n) is 6.81. The van der Waals surface area contributed by atoms with Gasteiger partial charge < -0.3 is 10.5 Å². The van der Waals surface area contributed by atoms with Gasteiger partial charge in [0.05, 0.1) is 0 Å². The molecule has 2 nitrogen and oxygen atoms in total. The molecule has 2 N–H and O–H groups in total. The van der Waals surface area contributed by atoms with Crippen molar-refractivity contribution in [3.05, 3.63) is 59.4 Å². The zero-order valence-corrected chi connectivity index (χ0v) is 12.1. The first-order chi connectivity index (χ1) is 9.50. The molecule has 0 spiro atoms. The lowest BCUT2D eigenvalue weighted by molar-refractivity contribution is 0.453. The molecule has 0 radical (unpaired) electrons. The highest BCUT2D eigenvalue weighted by Crippen LogP contribution is 2.34. The Morgan fingerprint density at radius 3 is 2.25 bits per heavy atom. The van der Waals surface area contributed by atoms with E-state index in [0.717, 1.165) is 11.3 Å². The largest absolute Gasteiger partial charge is 0.457 e. The van der Waals surface area contributed by atoms with Crippen LogP contribution in [0.3, 0.4) is 0 Å². The molecule has 20 heavy (non-hydrogen) atoms. The molecule has 2 rings (SSSR count). The molecule has 0 bridgehead atoms. The van der Waals surface area contributed by atoms with Gasteiger partial charge in [-0.15, -0.1) is 0 Å². The van der Waals surface area contributed by atoms with Crippen molar-refractivity contribution in [2.45, 2.75) is 32.7 Å². The topological polar surface area (TPSA) is 35.2 Å². The van der Waals surface area contributed by atoms with Crippen LogP contribution in [0.25, 0.3) is 0 Å². The molecule has 106 valence electrons. The molecule has 3 heteroatoms. The predicted octanol–water partition coefficient (Wildman–Crippen LogP) is 4.76. The second kappa shape index (κ2) is 6.06. The Morgan fingerprint density at radius 1 is 0.950 bits per heavy atom.